The van der Waals surface area contributed by atoms with Crippen molar-refractivity contribution in [2.75, 3.05) is 10.3 Å². The minimum Gasteiger partial charge on any atom is -0.349 e. The van der Waals surface area contributed by atoms with Gasteiger partial charge in [0.05, 0.1) is 26.9 Å². The van der Waals surface area contributed by atoms with Crippen LogP contribution in [0, 0.1) is 16.0 Å². The molecule has 5 rings (SSSR count). The van der Waals surface area contributed by atoms with Crippen LogP contribution in [0.4, 0.5) is 17.2 Å². The molecular formula is C27H24Cl2N6O7S. The second kappa shape index (κ2) is 11.9. The van der Waals surface area contributed by atoms with Gasteiger partial charge in [-0.2, -0.15) is 13.5 Å². The number of nitrogens with one attached hydrogen (secondary N) is 2. The maximum absolute atomic E-state index is 13.8. The first-order chi connectivity index (χ1) is 20.3. The number of nitrogens with zero attached hydrogens (tertiary/aromatic N) is 4. The van der Waals surface area contributed by atoms with Crippen LogP contribution in [0.2, 0.25) is 10.0 Å². The number of carbonyl (C=O) groups is 2. The van der Waals surface area contributed by atoms with Crippen LogP contribution < -0.4 is 15.6 Å². The Morgan fingerprint density at radius 1 is 1.16 bits per heavy atom. The Morgan fingerprint density at radius 2 is 1.91 bits per heavy atom. The Balaban J connectivity index is 1.52. The maximum Gasteiger partial charge on any atom is 0.295 e. The number of rotatable bonds is 9. The topological polar surface area (TPSA) is 184 Å². The molecule has 3 N–H and O–H groups in total. The number of nitro groups is 1. The highest BCUT2D eigenvalue weighted by atomic mass is 35.5. The van der Waals surface area contributed by atoms with Crippen LogP contribution in [0.3, 0.4) is 0 Å². The number of non-ortho nitro benzene ring substituents is 1. The number of benzene rings is 2. The molecule has 2 atom stereocenters. The van der Waals surface area contributed by atoms with Crippen molar-refractivity contribution in [3.05, 3.63) is 86.0 Å². The van der Waals surface area contributed by atoms with Gasteiger partial charge < -0.3 is 10.6 Å². The minimum absolute atomic E-state index is 0.0467. The molecule has 0 spiro atoms. The van der Waals surface area contributed by atoms with Crippen LogP contribution in [0.25, 0.3) is 0 Å². The summed E-state index contributed by atoms with van der Waals surface area (Å²) in [5.41, 5.74) is -0.514. The standard InChI is InChI=1S/C27H24Cl2N6O7S/c1-14(15-4-5-15)31-26(36)19-11-16(28)6-8-21(19)32-27(37)23-13-22(33-34(23)25-20(29)3-2-10-30-25)18-12-17(35(38)39)7-9-24(18)43(40,41)42/h2-3,6-12,14-15,23H,4-5,13H2,1H3,(H,31,36)(H,32,37)(H,40,41,42). The van der Waals surface area contributed by atoms with Gasteiger partial charge in [-0.15, -0.1) is 0 Å². The summed E-state index contributed by atoms with van der Waals surface area (Å²) in [6.45, 7) is 1.90. The van der Waals surface area contributed by atoms with Crippen molar-refractivity contribution in [2.24, 2.45) is 11.0 Å². The van der Waals surface area contributed by atoms with Crippen LogP contribution in [-0.2, 0) is 14.9 Å². The minimum atomic E-state index is -4.84. The fraction of sp³-hybridized carbons (Fsp3) is 0.259. The van der Waals surface area contributed by atoms with Crippen LogP contribution >= 0.6 is 23.2 Å². The summed E-state index contributed by atoms with van der Waals surface area (Å²) in [5, 5.41) is 23.1. The molecule has 2 aromatic carbocycles. The van der Waals surface area contributed by atoms with E-state index in [-0.39, 0.29) is 50.9 Å². The molecule has 1 saturated carbocycles. The van der Waals surface area contributed by atoms with Crippen molar-refractivity contribution < 1.29 is 27.5 Å². The van der Waals surface area contributed by atoms with Crippen molar-refractivity contribution in [3.8, 4) is 0 Å². The molecule has 0 radical (unpaired) electrons. The molecule has 1 fully saturated rings. The summed E-state index contributed by atoms with van der Waals surface area (Å²) in [6.07, 6.45) is 3.17. The fourth-order valence-electron chi connectivity index (χ4n) is 4.73. The molecule has 2 amide bonds. The average molecular weight is 647 g/mol. The normalized spacial score (nSPS) is 17.3. The molecule has 224 valence electrons. The zero-order valence-electron chi connectivity index (χ0n) is 22.4. The molecule has 1 aromatic heterocycles. The first-order valence-electron chi connectivity index (χ1n) is 13.0. The lowest BCUT2D eigenvalue weighted by molar-refractivity contribution is -0.384. The second-order valence-corrected chi connectivity index (χ2v) is 12.3. The summed E-state index contributed by atoms with van der Waals surface area (Å²) in [5.74, 6) is -0.677. The lowest BCUT2D eigenvalue weighted by Crippen LogP contribution is -2.40. The number of anilines is 2. The van der Waals surface area contributed by atoms with Gasteiger partial charge in [-0.05, 0) is 62.1 Å². The highest BCUT2D eigenvalue weighted by molar-refractivity contribution is 7.86. The monoisotopic (exact) mass is 646 g/mol. The molecule has 43 heavy (non-hydrogen) atoms. The molecule has 1 aliphatic carbocycles. The number of halogens is 2. The van der Waals surface area contributed by atoms with Crippen LogP contribution in [0.1, 0.15) is 42.1 Å². The summed E-state index contributed by atoms with van der Waals surface area (Å²) in [4.78, 5) is 41.2. The van der Waals surface area contributed by atoms with E-state index in [0.717, 1.165) is 36.0 Å². The van der Waals surface area contributed by atoms with E-state index in [9.17, 15) is 32.7 Å². The second-order valence-electron chi connectivity index (χ2n) is 10.1. The summed E-state index contributed by atoms with van der Waals surface area (Å²) < 4.78 is 34.2. The van der Waals surface area contributed by atoms with Crippen molar-refractivity contribution in [1.29, 1.82) is 0 Å². The van der Waals surface area contributed by atoms with E-state index in [1.54, 1.807) is 6.07 Å². The van der Waals surface area contributed by atoms with Gasteiger partial charge in [0.1, 0.15) is 10.9 Å². The highest BCUT2D eigenvalue weighted by Gasteiger charge is 2.38. The third kappa shape index (κ3) is 6.62. The number of aromatic nitrogens is 1. The number of hydrogen-bond donors (Lipinski definition) is 3. The first kappa shape index (κ1) is 30.4. The largest absolute Gasteiger partial charge is 0.349 e. The molecular weight excluding hydrogens is 623 g/mol. The Morgan fingerprint density at radius 3 is 2.56 bits per heavy atom. The number of hydrazone groups is 1. The molecule has 0 bridgehead atoms. The lowest BCUT2D eigenvalue weighted by atomic mass is 10.0. The van der Waals surface area contributed by atoms with E-state index in [0.29, 0.717) is 5.92 Å². The van der Waals surface area contributed by atoms with Crippen LogP contribution in [0.5, 0.6) is 0 Å². The van der Waals surface area contributed by atoms with Gasteiger partial charge in [-0.25, -0.2) is 9.99 Å². The van der Waals surface area contributed by atoms with Crippen molar-refractivity contribution >= 4 is 68.0 Å². The maximum atomic E-state index is 13.8. The van der Waals surface area contributed by atoms with Gasteiger partial charge in [0.15, 0.2) is 5.82 Å². The Labute approximate surface area is 255 Å². The predicted octanol–water partition coefficient (Wildman–Crippen LogP) is 4.69. The van der Waals surface area contributed by atoms with Crippen LogP contribution in [0.15, 0.2) is 64.7 Å². The quantitative estimate of drug-likeness (QED) is 0.168. The third-order valence-corrected chi connectivity index (χ3v) is 8.55. The molecule has 2 heterocycles. The van der Waals surface area contributed by atoms with E-state index in [1.807, 2.05) is 6.92 Å². The van der Waals surface area contributed by atoms with Gasteiger partial charge in [0.25, 0.3) is 21.7 Å². The van der Waals surface area contributed by atoms with Crippen molar-refractivity contribution in [3.63, 3.8) is 0 Å². The Bertz CT molecular complexity index is 1780. The molecule has 13 nitrogen and oxygen atoms in total. The Hall–Kier alpha value is -4.11. The fourth-order valence-corrected chi connectivity index (χ4v) is 5.80. The molecule has 0 saturated heterocycles. The van der Waals surface area contributed by atoms with E-state index in [4.69, 9.17) is 23.2 Å². The van der Waals surface area contributed by atoms with Crippen molar-refractivity contribution in [1.82, 2.24) is 10.3 Å². The number of hydrogen-bond acceptors (Lipinski definition) is 9. The molecule has 16 heteroatoms. The molecule has 2 unspecified atom stereocenters. The van der Waals surface area contributed by atoms with Gasteiger partial charge >= 0.3 is 0 Å². The van der Waals surface area contributed by atoms with Crippen molar-refractivity contribution in [2.45, 2.75) is 43.2 Å². The van der Waals surface area contributed by atoms with E-state index in [1.165, 1.54) is 30.5 Å². The highest BCUT2D eigenvalue weighted by Crippen LogP contribution is 2.35. The number of nitro benzene ring substituents is 1. The number of carbonyl (C=O) groups excluding carboxylic acids is 2. The van der Waals surface area contributed by atoms with Gasteiger partial charge in [-0.3, -0.25) is 24.3 Å². The first-order valence-corrected chi connectivity index (χ1v) is 15.2. The Kier molecular flexibility index (Phi) is 8.38. The average Bonchev–Trinajstić information content (AvgIpc) is 3.72. The molecule has 1 aliphatic heterocycles. The number of amides is 2. The molecule has 2 aliphatic rings. The predicted molar refractivity (Wildman–Crippen MR) is 159 cm³/mol. The van der Waals surface area contributed by atoms with Gasteiger partial charge in [-0.1, -0.05) is 23.2 Å². The smallest absolute Gasteiger partial charge is 0.295 e. The van der Waals surface area contributed by atoms with Crippen LogP contribution in [-0.4, -0.2) is 52.5 Å². The number of pyridine rings is 1. The van der Waals surface area contributed by atoms with E-state index >= 15 is 0 Å². The van der Waals surface area contributed by atoms with E-state index in [2.05, 4.69) is 20.7 Å². The third-order valence-electron chi connectivity index (χ3n) is 7.10. The van der Waals surface area contributed by atoms with Gasteiger partial charge in [0, 0.05) is 41.4 Å². The SMILES string of the molecule is CC(NC(=O)c1cc(Cl)ccc1NC(=O)C1CC(c2cc([N+](=O)[O-])ccc2S(=O)(=O)O)=NN1c1ncccc1Cl)C1CC1. The molecule has 3 aromatic rings. The lowest BCUT2D eigenvalue weighted by Gasteiger charge is -2.23. The van der Waals surface area contributed by atoms with E-state index < -0.39 is 43.5 Å². The summed E-state index contributed by atoms with van der Waals surface area (Å²) in [7, 11) is -4.84. The van der Waals surface area contributed by atoms with Gasteiger partial charge in [0.2, 0.25) is 5.91 Å². The zero-order valence-corrected chi connectivity index (χ0v) is 24.7. The zero-order chi connectivity index (χ0) is 31.1. The summed E-state index contributed by atoms with van der Waals surface area (Å²) in [6, 6.07) is 8.95. The summed E-state index contributed by atoms with van der Waals surface area (Å²) >= 11 is 12.5.